The summed E-state index contributed by atoms with van der Waals surface area (Å²) in [7, 11) is 0. The molecule has 174 valence electrons. The lowest BCUT2D eigenvalue weighted by Crippen LogP contribution is -1.83. The molecule has 10 aromatic rings. The second-order valence-corrected chi connectivity index (χ2v) is 11.6. The van der Waals surface area contributed by atoms with Crippen molar-refractivity contribution in [1.82, 2.24) is 4.40 Å². The number of hydrogen-bond acceptors (Lipinski definition) is 1. The quantitative estimate of drug-likeness (QED) is 0.199. The van der Waals surface area contributed by atoms with Gasteiger partial charge in [0.25, 0.3) is 0 Å². The van der Waals surface area contributed by atoms with Gasteiger partial charge in [0.15, 0.2) is 0 Å². The Kier molecular flexibility index (Phi) is 3.38. The Morgan fingerprint density at radius 1 is 0.395 bits per heavy atom. The van der Waals surface area contributed by atoms with Gasteiger partial charge in [-0.15, -0.1) is 11.3 Å². The molecule has 0 aliphatic carbocycles. The molecule has 0 aliphatic rings. The first-order chi connectivity index (χ1) is 18.8. The lowest BCUT2D eigenvalue weighted by Gasteiger charge is -2.09. The van der Waals surface area contributed by atoms with Gasteiger partial charge in [0.1, 0.15) is 0 Å². The zero-order chi connectivity index (χ0) is 24.5. The fourth-order valence-corrected chi connectivity index (χ4v) is 8.23. The third-order valence-electron chi connectivity index (χ3n) is 8.68. The topological polar surface area (TPSA) is 4.41 Å². The van der Waals surface area contributed by atoms with E-state index in [1.807, 2.05) is 11.3 Å². The predicted octanol–water partition coefficient (Wildman–Crippen LogP) is 10.6. The molecule has 0 amide bonds. The van der Waals surface area contributed by atoms with E-state index < -0.39 is 0 Å². The second-order valence-electron chi connectivity index (χ2n) is 10.5. The first kappa shape index (κ1) is 19.5. The van der Waals surface area contributed by atoms with Gasteiger partial charge in [0, 0.05) is 41.7 Å². The highest BCUT2D eigenvalue weighted by molar-refractivity contribution is 7.25. The number of rotatable bonds is 1. The second kappa shape index (κ2) is 6.61. The van der Waals surface area contributed by atoms with Crippen molar-refractivity contribution < 1.29 is 0 Å². The minimum atomic E-state index is 1.27. The summed E-state index contributed by atoms with van der Waals surface area (Å²) in [5.74, 6) is 0. The maximum absolute atomic E-state index is 2.51. The monoisotopic (exact) mass is 497 g/mol. The van der Waals surface area contributed by atoms with Crippen molar-refractivity contribution in [1.29, 1.82) is 0 Å². The molecule has 0 saturated heterocycles. The van der Waals surface area contributed by atoms with Crippen LogP contribution in [0.15, 0.2) is 115 Å². The molecule has 0 aliphatic heterocycles. The highest BCUT2D eigenvalue weighted by atomic mass is 32.1. The minimum Gasteiger partial charge on any atom is -0.308 e. The highest BCUT2D eigenvalue weighted by Gasteiger charge is 2.22. The van der Waals surface area contributed by atoms with Crippen molar-refractivity contribution in [3.63, 3.8) is 0 Å². The number of nitrogens with zero attached hydrogens (tertiary/aromatic N) is 1. The summed E-state index contributed by atoms with van der Waals surface area (Å²) in [5, 5.41) is 13.5. The normalized spacial score (nSPS) is 12.7. The van der Waals surface area contributed by atoms with Crippen LogP contribution in [0, 0.1) is 0 Å². The molecule has 3 heterocycles. The van der Waals surface area contributed by atoms with Gasteiger partial charge in [-0.2, -0.15) is 0 Å². The van der Waals surface area contributed by atoms with Crippen LogP contribution in [-0.4, -0.2) is 4.40 Å². The van der Waals surface area contributed by atoms with Crippen molar-refractivity contribution in [2.24, 2.45) is 0 Å². The Labute approximate surface area is 221 Å². The first-order valence-electron chi connectivity index (χ1n) is 13.1. The molecule has 0 N–H and O–H groups in total. The van der Waals surface area contributed by atoms with E-state index in [2.05, 4.69) is 120 Å². The van der Waals surface area contributed by atoms with Gasteiger partial charge in [-0.25, -0.2) is 0 Å². The van der Waals surface area contributed by atoms with E-state index in [1.54, 1.807) is 0 Å². The summed E-state index contributed by atoms with van der Waals surface area (Å²) in [6, 6.07) is 43.1. The summed E-state index contributed by atoms with van der Waals surface area (Å²) in [6.45, 7) is 0. The zero-order valence-corrected chi connectivity index (χ0v) is 21.1. The van der Waals surface area contributed by atoms with Gasteiger partial charge in [0.2, 0.25) is 0 Å². The molecule has 0 bridgehead atoms. The van der Waals surface area contributed by atoms with E-state index in [0.29, 0.717) is 0 Å². The van der Waals surface area contributed by atoms with Crippen molar-refractivity contribution in [2.75, 3.05) is 0 Å². The summed E-state index contributed by atoms with van der Waals surface area (Å²) in [4.78, 5) is 0. The minimum absolute atomic E-state index is 1.27. The Bertz CT molecular complexity index is 2560. The van der Waals surface area contributed by atoms with Crippen LogP contribution in [0.25, 0.3) is 90.9 Å². The van der Waals surface area contributed by atoms with Gasteiger partial charge in [-0.05, 0) is 63.0 Å². The lowest BCUT2D eigenvalue weighted by atomic mass is 9.93. The van der Waals surface area contributed by atoms with Crippen molar-refractivity contribution in [2.45, 2.75) is 0 Å². The van der Waals surface area contributed by atoms with E-state index >= 15 is 0 Å². The number of fused-ring (bicyclic) bond motifs is 10. The van der Waals surface area contributed by atoms with Crippen LogP contribution < -0.4 is 0 Å². The maximum Gasteiger partial charge on any atom is 0.0626 e. The van der Waals surface area contributed by atoms with Gasteiger partial charge in [0.05, 0.1) is 16.6 Å². The molecule has 10 rings (SSSR count). The van der Waals surface area contributed by atoms with Crippen molar-refractivity contribution in [3.8, 4) is 11.1 Å². The average Bonchev–Trinajstić information content (AvgIpc) is 3.63. The predicted molar refractivity (Wildman–Crippen MR) is 166 cm³/mol. The van der Waals surface area contributed by atoms with Gasteiger partial charge >= 0.3 is 0 Å². The molecule has 0 saturated carbocycles. The van der Waals surface area contributed by atoms with Crippen molar-refractivity contribution >= 4 is 91.1 Å². The van der Waals surface area contributed by atoms with E-state index in [1.165, 1.54) is 90.9 Å². The summed E-state index contributed by atoms with van der Waals surface area (Å²) >= 11 is 1.88. The standard InChI is InChI=1S/C36H19NS/c1-2-7-23-22(6-1)26-9-5-10-31-34(26)35-27(23)15-16-28-29-18-20(13-17-30(29)37(31)36(28)35)21-12-14-25-24-8-3-4-11-32(24)38-33(25)19-21/h1-19H. The summed E-state index contributed by atoms with van der Waals surface area (Å²) < 4.78 is 5.21. The number of aromatic nitrogens is 1. The highest BCUT2D eigenvalue weighted by Crippen LogP contribution is 2.47. The van der Waals surface area contributed by atoms with E-state index in [0.717, 1.165) is 0 Å². The third kappa shape index (κ3) is 2.21. The number of thiophene rings is 1. The fourth-order valence-electron chi connectivity index (χ4n) is 7.09. The molecule has 0 fully saturated rings. The first-order valence-corrected chi connectivity index (χ1v) is 13.9. The Morgan fingerprint density at radius 2 is 1.05 bits per heavy atom. The number of benzene rings is 7. The largest absolute Gasteiger partial charge is 0.308 e. The van der Waals surface area contributed by atoms with Crippen LogP contribution in [0.4, 0.5) is 0 Å². The average molecular weight is 498 g/mol. The van der Waals surface area contributed by atoms with Gasteiger partial charge in [-0.1, -0.05) is 84.9 Å². The molecular formula is C36H19NS. The Hall–Kier alpha value is -4.66. The van der Waals surface area contributed by atoms with Crippen LogP contribution in [0.1, 0.15) is 0 Å². The van der Waals surface area contributed by atoms with Crippen LogP contribution in [-0.2, 0) is 0 Å². The molecule has 3 aromatic heterocycles. The molecule has 2 heteroatoms. The van der Waals surface area contributed by atoms with Crippen molar-refractivity contribution in [3.05, 3.63) is 115 Å². The molecule has 38 heavy (non-hydrogen) atoms. The van der Waals surface area contributed by atoms with Crippen LogP contribution in [0.2, 0.25) is 0 Å². The molecule has 1 nitrogen and oxygen atoms in total. The molecule has 7 aromatic carbocycles. The number of hydrogen-bond donors (Lipinski definition) is 0. The summed E-state index contributed by atoms with van der Waals surface area (Å²) in [5.41, 5.74) is 6.49. The molecule has 0 atom stereocenters. The van der Waals surface area contributed by atoms with E-state index in [4.69, 9.17) is 0 Å². The fraction of sp³-hybridized carbons (Fsp3) is 0. The van der Waals surface area contributed by atoms with E-state index in [-0.39, 0.29) is 0 Å². The Balaban J connectivity index is 1.31. The Morgan fingerprint density at radius 3 is 1.95 bits per heavy atom. The lowest BCUT2D eigenvalue weighted by molar-refractivity contribution is 1.37. The van der Waals surface area contributed by atoms with Crippen LogP contribution in [0.3, 0.4) is 0 Å². The molecule has 0 unspecified atom stereocenters. The zero-order valence-electron chi connectivity index (χ0n) is 20.3. The SMILES string of the molecule is c1ccc2c(c1)sc1cc(-c3ccc4c(c3)c3ccc5c6ccccc6c6cccc7c6c5c3n47)ccc12. The molecule has 0 radical (unpaired) electrons. The molecule has 0 spiro atoms. The van der Waals surface area contributed by atoms with Crippen LogP contribution >= 0.6 is 11.3 Å². The molecular weight excluding hydrogens is 478 g/mol. The van der Waals surface area contributed by atoms with Crippen LogP contribution in [0.5, 0.6) is 0 Å². The maximum atomic E-state index is 2.51. The third-order valence-corrected chi connectivity index (χ3v) is 9.82. The van der Waals surface area contributed by atoms with E-state index in [9.17, 15) is 0 Å². The van der Waals surface area contributed by atoms with Gasteiger partial charge in [-0.3, -0.25) is 0 Å². The summed E-state index contributed by atoms with van der Waals surface area (Å²) in [6.07, 6.45) is 0. The smallest absolute Gasteiger partial charge is 0.0626 e. The van der Waals surface area contributed by atoms with Gasteiger partial charge < -0.3 is 4.40 Å².